The molecule has 0 aliphatic carbocycles. The predicted octanol–water partition coefficient (Wildman–Crippen LogP) is 0.409. The molecule has 0 spiro atoms. The van der Waals surface area contributed by atoms with Crippen molar-refractivity contribution in [2.75, 3.05) is 26.4 Å². The smallest absolute Gasteiger partial charge is 0.227 e. The molecular weight excluding hydrogens is 232 g/mol. The Morgan fingerprint density at radius 2 is 1.94 bits per heavy atom. The Balaban J connectivity index is 2.77. The minimum Gasteiger partial charge on any atom is -0.394 e. The molecule has 0 atom stereocenters. The summed E-state index contributed by atoms with van der Waals surface area (Å²) in [5.74, 6) is -0.0362. The lowest BCUT2D eigenvalue weighted by molar-refractivity contribution is -0.135. The molecule has 0 radical (unpaired) electrons. The Labute approximate surface area is 109 Å². The standard InChI is InChI=1S/C13H26N2O3/c1-3-12(4-2,9-14)11(17)15-13(10-16)5-7-18-8-6-13/h16H,3-10,14H2,1-2H3,(H,15,17). The highest BCUT2D eigenvalue weighted by Crippen LogP contribution is 2.28. The molecule has 0 aromatic carbocycles. The Bertz CT molecular complexity index is 263. The Morgan fingerprint density at radius 1 is 1.39 bits per heavy atom. The van der Waals surface area contributed by atoms with Crippen LogP contribution in [0.15, 0.2) is 0 Å². The fourth-order valence-electron chi connectivity index (χ4n) is 2.41. The Kier molecular flexibility index (Phi) is 5.56. The number of amides is 1. The van der Waals surface area contributed by atoms with Gasteiger partial charge in [0, 0.05) is 19.8 Å². The van der Waals surface area contributed by atoms with Crippen molar-refractivity contribution in [3.8, 4) is 0 Å². The van der Waals surface area contributed by atoms with Gasteiger partial charge in [-0.3, -0.25) is 4.79 Å². The number of nitrogens with two attached hydrogens (primary N) is 1. The van der Waals surface area contributed by atoms with Crippen LogP contribution in [0.2, 0.25) is 0 Å². The van der Waals surface area contributed by atoms with Crippen LogP contribution in [-0.2, 0) is 9.53 Å². The van der Waals surface area contributed by atoms with Crippen molar-refractivity contribution < 1.29 is 14.6 Å². The molecule has 1 amide bonds. The average molecular weight is 258 g/mol. The van der Waals surface area contributed by atoms with E-state index in [1.54, 1.807) is 0 Å². The van der Waals surface area contributed by atoms with Crippen LogP contribution in [0.1, 0.15) is 39.5 Å². The molecular formula is C13H26N2O3. The summed E-state index contributed by atoms with van der Waals surface area (Å²) in [7, 11) is 0. The summed E-state index contributed by atoms with van der Waals surface area (Å²) >= 11 is 0. The van der Waals surface area contributed by atoms with E-state index in [2.05, 4.69) is 5.32 Å². The van der Waals surface area contributed by atoms with Crippen molar-refractivity contribution >= 4 is 5.91 Å². The first-order valence-electron chi connectivity index (χ1n) is 6.79. The number of hydrogen-bond donors (Lipinski definition) is 3. The lowest BCUT2D eigenvalue weighted by Gasteiger charge is -2.40. The first kappa shape index (κ1) is 15.4. The number of hydrogen-bond acceptors (Lipinski definition) is 4. The summed E-state index contributed by atoms with van der Waals surface area (Å²) in [6, 6.07) is 0. The second kappa shape index (κ2) is 6.50. The molecule has 1 rings (SSSR count). The fourth-order valence-corrected chi connectivity index (χ4v) is 2.41. The van der Waals surface area contributed by atoms with Crippen LogP contribution in [0.5, 0.6) is 0 Å². The molecule has 1 fully saturated rings. The van der Waals surface area contributed by atoms with Gasteiger partial charge in [-0.05, 0) is 25.7 Å². The second-order valence-corrected chi connectivity index (χ2v) is 5.20. The van der Waals surface area contributed by atoms with Gasteiger partial charge in [0.2, 0.25) is 5.91 Å². The summed E-state index contributed by atoms with van der Waals surface area (Å²) in [4.78, 5) is 12.4. The van der Waals surface area contributed by atoms with Crippen LogP contribution in [0.4, 0.5) is 0 Å². The van der Waals surface area contributed by atoms with Gasteiger partial charge >= 0.3 is 0 Å². The van der Waals surface area contributed by atoms with Gasteiger partial charge < -0.3 is 20.9 Å². The zero-order chi connectivity index (χ0) is 13.6. The number of nitrogens with one attached hydrogen (secondary N) is 1. The number of carbonyl (C=O) groups excluding carboxylic acids is 1. The van der Waals surface area contributed by atoms with Gasteiger partial charge in [0.1, 0.15) is 0 Å². The fraction of sp³-hybridized carbons (Fsp3) is 0.923. The summed E-state index contributed by atoms with van der Waals surface area (Å²) in [6.07, 6.45) is 2.74. The van der Waals surface area contributed by atoms with Gasteiger partial charge in [0.05, 0.1) is 17.6 Å². The Hall–Kier alpha value is -0.650. The van der Waals surface area contributed by atoms with Crippen LogP contribution in [-0.4, -0.2) is 42.9 Å². The first-order valence-corrected chi connectivity index (χ1v) is 6.79. The molecule has 0 aromatic rings. The molecule has 1 saturated heterocycles. The van der Waals surface area contributed by atoms with Crippen molar-refractivity contribution in [3.05, 3.63) is 0 Å². The number of ether oxygens (including phenoxy) is 1. The monoisotopic (exact) mass is 258 g/mol. The molecule has 5 heteroatoms. The largest absolute Gasteiger partial charge is 0.394 e. The maximum absolute atomic E-state index is 12.4. The number of carbonyl (C=O) groups is 1. The molecule has 1 heterocycles. The van der Waals surface area contributed by atoms with Crippen LogP contribution in [0.25, 0.3) is 0 Å². The minimum atomic E-state index is -0.528. The third-order valence-electron chi connectivity index (χ3n) is 4.36. The van der Waals surface area contributed by atoms with Crippen LogP contribution < -0.4 is 11.1 Å². The first-order chi connectivity index (χ1) is 8.58. The number of aliphatic hydroxyl groups excluding tert-OH is 1. The van der Waals surface area contributed by atoms with Gasteiger partial charge in [-0.15, -0.1) is 0 Å². The number of rotatable bonds is 6. The van der Waals surface area contributed by atoms with Crippen molar-refractivity contribution in [3.63, 3.8) is 0 Å². The summed E-state index contributed by atoms with van der Waals surface area (Å²) in [5, 5.41) is 12.6. The third kappa shape index (κ3) is 3.02. The highest BCUT2D eigenvalue weighted by Gasteiger charge is 2.40. The second-order valence-electron chi connectivity index (χ2n) is 5.20. The molecule has 106 valence electrons. The zero-order valence-corrected chi connectivity index (χ0v) is 11.5. The summed E-state index contributed by atoms with van der Waals surface area (Å²) < 4.78 is 5.29. The number of aliphatic hydroxyl groups is 1. The van der Waals surface area contributed by atoms with E-state index in [9.17, 15) is 9.90 Å². The molecule has 0 saturated carbocycles. The highest BCUT2D eigenvalue weighted by atomic mass is 16.5. The van der Waals surface area contributed by atoms with Crippen LogP contribution >= 0.6 is 0 Å². The molecule has 0 aromatic heterocycles. The topological polar surface area (TPSA) is 84.6 Å². The zero-order valence-electron chi connectivity index (χ0n) is 11.5. The van der Waals surface area contributed by atoms with Gasteiger partial charge in [-0.25, -0.2) is 0 Å². The third-order valence-corrected chi connectivity index (χ3v) is 4.36. The maximum atomic E-state index is 12.4. The Morgan fingerprint density at radius 3 is 2.33 bits per heavy atom. The summed E-state index contributed by atoms with van der Waals surface area (Å²) in [6.45, 7) is 5.40. The van der Waals surface area contributed by atoms with E-state index in [4.69, 9.17) is 10.5 Å². The van der Waals surface area contributed by atoms with Gasteiger partial charge in [-0.2, -0.15) is 0 Å². The van der Waals surface area contributed by atoms with E-state index < -0.39 is 11.0 Å². The lowest BCUT2D eigenvalue weighted by Crippen LogP contribution is -2.59. The van der Waals surface area contributed by atoms with Crippen LogP contribution in [0, 0.1) is 5.41 Å². The van der Waals surface area contributed by atoms with E-state index in [0.717, 1.165) is 0 Å². The van der Waals surface area contributed by atoms with E-state index in [0.29, 0.717) is 45.4 Å². The molecule has 1 aliphatic rings. The molecule has 0 bridgehead atoms. The summed E-state index contributed by atoms with van der Waals surface area (Å²) in [5.41, 5.74) is 4.73. The minimum absolute atomic E-state index is 0.0362. The highest BCUT2D eigenvalue weighted by molar-refractivity contribution is 5.83. The molecule has 5 nitrogen and oxygen atoms in total. The van der Waals surface area contributed by atoms with E-state index in [-0.39, 0.29) is 12.5 Å². The van der Waals surface area contributed by atoms with E-state index >= 15 is 0 Å². The quantitative estimate of drug-likeness (QED) is 0.644. The SMILES string of the molecule is CCC(CC)(CN)C(=O)NC1(CO)CCOCC1. The van der Waals surface area contributed by atoms with E-state index in [1.165, 1.54) is 0 Å². The van der Waals surface area contributed by atoms with Crippen molar-refractivity contribution in [2.24, 2.45) is 11.1 Å². The molecule has 1 aliphatic heterocycles. The van der Waals surface area contributed by atoms with Crippen molar-refractivity contribution in [2.45, 2.75) is 45.1 Å². The van der Waals surface area contributed by atoms with Crippen molar-refractivity contribution in [1.82, 2.24) is 5.32 Å². The molecule has 18 heavy (non-hydrogen) atoms. The normalized spacial score (nSPS) is 19.6. The molecule has 4 N–H and O–H groups in total. The average Bonchev–Trinajstić information content (AvgIpc) is 2.42. The van der Waals surface area contributed by atoms with Gasteiger partial charge in [0.15, 0.2) is 0 Å². The van der Waals surface area contributed by atoms with E-state index in [1.807, 2.05) is 13.8 Å². The van der Waals surface area contributed by atoms with Gasteiger partial charge in [0.25, 0.3) is 0 Å². The van der Waals surface area contributed by atoms with Gasteiger partial charge in [-0.1, -0.05) is 13.8 Å². The lowest BCUT2D eigenvalue weighted by atomic mass is 9.79. The maximum Gasteiger partial charge on any atom is 0.227 e. The van der Waals surface area contributed by atoms with Crippen molar-refractivity contribution in [1.29, 1.82) is 0 Å². The van der Waals surface area contributed by atoms with Crippen LogP contribution in [0.3, 0.4) is 0 Å². The molecule has 0 unspecified atom stereocenters. The predicted molar refractivity (Wildman–Crippen MR) is 70.1 cm³/mol.